The molecule has 0 radical (unpaired) electrons. The van der Waals surface area contributed by atoms with E-state index >= 15 is 0 Å². The summed E-state index contributed by atoms with van der Waals surface area (Å²) in [5, 5.41) is 6.08. The van der Waals surface area contributed by atoms with Gasteiger partial charge < -0.3 is 16.6 Å². The average Bonchev–Trinajstić information content (AvgIpc) is 2.35. The lowest BCUT2D eigenvalue weighted by atomic mass is 10.2. The van der Waals surface area contributed by atoms with Crippen LogP contribution in [0.5, 0.6) is 0 Å². The number of nitrogen functional groups attached to an aromatic ring is 1. The highest BCUT2D eigenvalue weighted by Gasteiger charge is 2.10. The summed E-state index contributed by atoms with van der Waals surface area (Å²) in [6.45, 7) is 2.00. The molecule has 0 spiro atoms. The van der Waals surface area contributed by atoms with Crippen molar-refractivity contribution in [3.8, 4) is 0 Å². The monoisotopic (exact) mass is 222 g/mol. The first-order chi connectivity index (χ1) is 7.69. The van der Waals surface area contributed by atoms with Crippen molar-refractivity contribution in [2.75, 3.05) is 12.0 Å². The number of hydrogen-bond donors (Lipinski definition) is 4. The Bertz CT molecular complexity index is 403. The molecular formula is C9H14N6O. The number of carbonyl (C=O) groups is 1. The van der Waals surface area contributed by atoms with Crippen molar-refractivity contribution in [1.82, 2.24) is 10.3 Å². The van der Waals surface area contributed by atoms with Gasteiger partial charge in [0.05, 0.1) is 23.5 Å². The number of hydrazone groups is 1. The van der Waals surface area contributed by atoms with Crippen molar-refractivity contribution >= 4 is 17.3 Å². The van der Waals surface area contributed by atoms with Gasteiger partial charge in [0.15, 0.2) is 0 Å². The van der Waals surface area contributed by atoms with Gasteiger partial charge in [0, 0.05) is 12.4 Å². The highest BCUT2D eigenvalue weighted by Crippen LogP contribution is 2.11. The van der Waals surface area contributed by atoms with Crippen LogP contribution in [-0.4, -0.2) is 23.1 Å². The summed E-state index contributed by atoms with van der Waals surface area (Å²) >= 11 is 0. The molecule has 86 valence electrons. The van der Waals surface area contributed by atoms with Crippen molar-refractivity contribution in [2.45, 2.75) is 6.92 Å². The minimum Gasteiger partial charge on any atom is -0.347 e. The molecule has 1 aromatic heterocycles. The molecule has 1 aromatic rings. The highest BCUT2D eigenvalue weighted by molar-refractivity contribution is 6.01. The number of nitrogens with zero attached hydrogens (tertiary/aromatic N) is 2. The molecule has 7 heteroatoms. The lowest BCUT2D eigenvalue weighted by Crippen LogP contribution is -2.30. The Hall–Kier alpha value is -2.15. The predicted molar refractivity (Wildman–Crippen MR) is 61.7 cm³/mol. The molecule has 0 aliphatic heterocycles. The molecule has 0 saturated carbocycles. The van der Waals surface area contributed by atoms with E-state index in [1.54, 1.807) is 19.2 Å². The quantitative estimate of drug-likeness (QED) is 0.309. The fourth-order valence-electron chi connectivity index (χ4n) is 1.05. The van der Waals surface area contributed by atoms with Gasteiger partial charge >= 0.3 is 0 Å². The lowest BCUT2D eigenvalue weighted by Gasteiger charge is -2.08. The molecule has 0 unspecified atom stereocenters. The van der Waals surface area contributed by atoms with Crippen LogP contribution in [0.3, 0.4) is 0 Å². The van der Waals surface area contributed by atoms with Crippen LogP contribution in [-0.2, 0) is 0 Å². The summed E-state index contributed by atoms with van der Waals surface area (Å²) in [7, 11) is 0. The average molecular weight is 222 g/mol. The Morgan fingerprint density at radius 3 is 3.00 bits per heavy atom. The van der Waals surface area contributed by atoms with E-state index in [1.165, 1.54) is 6.20 Å². The molecule has 0 aliphatic carbocycles. The number of pyridine rings is 1. The Kier molecular flexibility index (Phi) is 4.22. The summed E-state index contributed by atoms with van der Waals surface area (Å²) in [6, 6.07) is 1.61. The van der Waals surface area contributed by atoms with E-state index in [0.29, 0.717) is 17.0 Å². The summed E-state index contributed by atoms with van der Waals surface area (Å²) in [5.74, 6) is 10.0. The van der Waals surface area contributed by atoms with Gasteiger partial charge in [-0.05, 0) is 13.0 Å². The summed E-state index contributed by atoms with van der Waals surface area (Å²) in [4.78, 5) is 15.6. The maximum Gasteiger partial charge on any atom is 0.255 e. The maximum atomic E-state index is 11.7. The second kappa shape index (κ2) is 5.66. The van der Waals surface area contributed by atoms with E-state index in [0.717, 1.165) is 0 Å². The zero-order valence-corrected chi connectivity index (χ0v) is 8.90. The van der Waals surface area contributed by atoms with Crippen LogP contribution in [0.25, 0.3) is 0 Å². The SMILES string of the molecule is CC(CNC(=O)c1cnccc1NN)=NN. The van der Waals surface area contributed by atoms with Crippen LogP contribution in [0.15, 0.2) is 23.6 Å². The first-order valence-electron chi connectivity index (χ1n) is 4.61. The van der Waals surface area contributed by atoms with Gasteiger partial charge in [0.1, 0.15) is 0 Å². The maximum absolute atomic E-state index is 11.7. The van der Waals surface area contributed by atoms with Crippen molar-refractivity contribution in [2.24, 2.45) is 16.8 Å². The van der Waals surface area contributed by atoms with E-state index in [9.17, 15) is 4.79 Å². The van der Waals surface area contributed by atoms with Crippen LogP contribution < -0.4 is 22.4 Å². The van der Waals surface area contributed by atoms with Gasteiger partial charge in [0.2, 0.25) is 0 Å². The zero-order chi connectivity index (χ0) is 12.0. The molecule has 1 amide bonds. The van der Waals surface area contributed by atoms with Crippen LogP contribution in [0.4, 0.5) is 5.69 Å². The lowest BCUT2D eigenvalue weighted by molar-refractivity contribution is 0.0959. The van der Waals surface area contributed by atoms with Crippen molar-refractivity contribution in [1.29, 1.82) is 0 Å². The summed E-state index contributed by atoms with van der Waals surface area (Å²) in [5.41, 5.74) is 3.93. The molecule has 6 N–H and O–H groups in total. The number of rotatable bonds is 4. The van der Waals surface area contributed by atoms with Crippen LogP contribution >= 0.6 is 0 Å². The number of anilines is 1. The van der Waals surface area contributed by atoms with Gasteiger partial charge in [-0.3, -0.25) is 15.6 Å². The summed E-state index contributed by atoms with van der Waals surface area (Å²) < 4.78 is 0. The third kappa shape index (κ3) is 2.92. The number of amides is 1. The van der Waals surface area contributed by atoms with Gasteiger partial charge in [-0.15, -0.1) is 0 Å². The van der Waals surface area contributed by atoms with Crippen molar-refractivity contribution in [3.63, 3.8) is 0 Å². The minimum atomic E-state index is -0.288. The molecule has 0 aromatic carbocycles. The standard InChI is InChI=1S/C9H14N6O/c1-6(14-10)4-13-9(16)7-5-12-3-2-8(7)15-11/h2-3,5H,4,10-11H2,1H3,(H,12,15)(H,13,16). The molecule has 0 saturated heterocycles. The highest BCUT2D eigenvalue weighted by atomic mass is 16.1. The Morgan fingerprint density at radius 1 is 1.62 bits per heavy atom. The number of hydrogen-bond acceptors (Lipinski definition) is 6. The molecule has 1 heterocycles. The van der Waals surface area contributed by atoms with E-state index in [-0.39, 0.29) is 12.5 Å². The van der Waals surface area contributed by atoms with Gasteiger partial charge in [-0.2, -0.15) is 5.10 Å². The van der Waals surface area contributed by atoms with Gasteiger partial charge in [-0.1, -0.05) is 0 Å². The molecule has 0 aliphatic rings. The molecule has 7 nitrogen and oxygen atoms in total. The van der Waals surface area contributed by atoms with Crippen LogP contribution in [0.1, 0.15) is 17.3 Å². The minimum absolute atomic E-state index is 0.286. The molecule has 0 atom stereocenters. The molecule has 0 bridgehead atoms. The fourth-order valence-corrected chi connectivity index (χ4v) is 1.05. The van der Waals surface area contributed by atoms with E-state index in [1.807, 2.05) is 0 Å². The van der Waals surface area contributed by atoms with Crippen LogP contribution in [0.2, 0.25) is 0 Å². The van der Waals surface area contributed by atoms with E-state index in [4.69, 9.17) is 11.7 Å². The molecule has 16 heavy (non-hydrogen) atoms. The Balaban J connectivity index is 2.73. The van der Waals surface area contributed by atoms with Gasteiger partial charge in [-0.25, -0.2) is 0 Å². The second-order valence-electron chi connectivity index (χ2n) is 3.11. The smallest absolute Gasteiger partial charge is 0.255 e. The van der Waals surface area contributed by atoms with Crippen molar-refractivity contribution < 1.29 is 4.79 Å². The first-order valence-corrected chi connectivity index (χ1v) is 4.61. The number of hydrazine groups is 1. The Labute approximate surface area is 92.9 Å². The fraction of sp³-hybridized carbons (Fsp3) is 0.222. The largest absolute Gasteiger partial charge is 0.347 e. The van der Waals surface area contributed by atoms with Gasteiger partial charge in [0.25, 0.3) is 5.91 Å². The van der Waals surface area contributed by atoms with Crippen LogP contribution in [0, 0.1) is 0 Å². The van der Waals surface area contributed by atoms with E-state index < -0.39 is 0 Å². The number of nitrogens with one attached hydrogen (secondary N) is 2. The third-order valence-corrected chi connectivity index (χ3v) is 1.95. The number of carbonyl (C=O) groups excluding carboxylic acids is 1. The normalized spacial score (nSPS) is 11.0. The second-order valence-corrected chi connectivity index (χ2v) is 3.11. The topological polar surface area (TPSA) is 118 Å². The van der Waals surface area contributed by atoms with Crippen molar-refractivity contribution in [3.05, 3.63) is 24.0 Å². The number of aromatic nitrogens is 1. The Morgan fingerprint density at radius 2 is 2.38 bits per heavy atom. The predicted octanol–water partition coefficient (Wildman–Crippen LogP) is -0.568. The molecule has 1 rings (SSSR count). The molecule has 0 fully saturated rings. The van der Waals surface area contributed by atoms with E-state index in [2.05, 4.69) is 20.8 Å². The molecular weight excluding hydrogens is 208 g/mol. The third-order valence-electron chi connectivity index (χ3n) is 1.95. The summed E-state index contributed by atoms with van der Waals surface area (Å²) in [6.07, 6.45) is 2.97. The number of nitrogens with two attached hydrogens (primary N) is 2. The first kappa shape index (κ1) is 11.9. The zero-order valence-electron chi connectivity index (χ0n) is 8.90.